The summed E-state index contributed by atoms with van der Waals surface area (Å²) in [6.45, 7) is 6.31. The summed E-state index contributed by atoms with van der Waals surface area (Å²) >= 11 is 2.66. The van der Waals surface area contributed by atoms with Crippen LogP contribution in [0.5, 0.6) is 5.75 Å². The number of methoxy groups -OCH3 is 1. The lowest BCUT2D eigenvalue weighted by atomic mass is 10.1. The van der Waals surface area contributed by atoms with Crippen LogP contribution in [-0.4, -0.2) is 46.2 Å². The summed E-state index contributed by atoms with van der Waals surface area (Å²) in [6.07, 6.45) is 0.801. The zero-order valence-electron chi connectivity index (χ0n) is 19.3. The first-order chi connectivity index (χ1) is 16.4. The first-order valence-corrected chi connectivity index (χ1v) is 12.6. The van der Waals surface area contributed by atoms with Gasteiger partial charge in [-0.3, -0.25) is 19.1 Å². The van der Waals surface area contributed by atoms with E-state index in [4.69, 9.17) is 15.5 Å². The number of thioether (sulfide) groups is 1. The number of thiophene rings is 1. The van der Waals surface area contributed by atoms with Crippen LogP contribution in [0.3, 0.4) is 0 Å². The second-order valence-corrected chi connectivity index (χ2v) is 9.95. The van der Waals surface area contributed by atoms with Gasteiger partial charge < -0.3 is 10.5 Å². The Labute approximate surface area is 205 Å². The third kappa shape index (κ3) is 4.46. The molecule has 2 aromatic heterocycles. The molecule has 0 unspecified atom stereocenters. The SMILES string of the molecule is CCN1CCc2c(sc3nc(SCC(=O)/C(C#N)=C(\C)N)n(-c4cccc(OC)c4)c(=O)c23)C1. The Hall–Kier alpha value is -3.13. The van der Waals surface area contributed by atoms with Crippen molar-refractivity contribution in [1.82, 2.24) is 14.5 Å². The minimum Gasteiger partial charge on any atom is -0.497 e. The molecule has 1 aromatic carbocycles. The lowest BCUT2D eigenvalue weighted by molar-refractivity contribution is -0.112. The van der Waals surface area contributed by atoms with Crippen LogP contribution in [0.15, 0.2) is 45.5 Å². The number of nitrogens with zero attached hydrogens (tertiary/aromatic N) is 4. The summed E-state index contributed by atoms with van der Waals surface area (Å²) in [5, 5.41) is 10.3. The molecule has 0 amide bonds. The minimum atomic E-state index is -0.400. The van der Waals surface area contributed by atoms with E-state index in [0.717, 1.165) is 48.3 Å². The van der Waals surface area contributed by atoms with Gasteiger partial charge in [-0.1, -0.05) is 24.8 Å². The molecule has 3 aromatic rings. The van der Waals surface area contributed by atoms with E-state index in [-0.39, 0.29) is 22.6 Å². The molecule has 8 nitrogen and oxygen atoms in total. The number of hydrogen-bond acceptors (Lipinski definition) is 9. The van der Waals surface area contributed by atoms with Crippen LogP contribution in [0, 0.1) is 11.3 Å². The van der Waals surface area contributed by atoms with Crippen molar-refractivity contribution in [3.05, 3.63) is 56.3 Å². The number of allylic oxidation sites excluding steroid dienone is 2. The second kappa shape index (κ2) is 10.0. The lowest BCUT2D eigenvalue weighted by Gasteiger charge is -2.25. The average Bonchev–Trinajstić information content (AvgIpc) is 3.20. The molecule has 3 heterocycles. The van der Waals surface area contributed by atoms with Gasteiger partial charge in [0.2, 0.25) is 0 Å². The van der Waals surface area contributed by atoms with E-state index in [0.29, 0.717) is 26.8 Å². The summed E-state index contributed by atoms with van der Waals surface area (Å²) in [5.41, 5.74) is 7.29. The van der Waals surface area contributed by atoms with Crippen molar-refractivity contribution in [1.29, 1.82) is 5.26 Å². The predicted molar refractivity (Wildman–Crippen MR) is 135 cm³/mol. The quantitative estimate of drug-likeness (QED) is 0.230. The molecule has 2 N–H and O–H groups in total. The summed E-state index contributed by atoms with van der Waals surface area (Å²) in [5.74, 6) is 0.146. The number of ether oxygens (including phenoxy) is 1. The van der Waals surface area contributed by atoms with E-state index in [9.17, 15) is 14.9 Å². The molecule has 4 rings (SSSR count). The third-order valence-corrected chi connectivity index (χ3v) is 7.85. The number of Topliss-reactive ketones (excluding diaryl/α,β-unsaturated/α-hetero) is 1. The highest BCUT2D eigenvalue weighted by molar-refractivity contribution is 7.99. The normalized spacial score (nSPS) is 14.4. The highest BCUT2D eigenvalue weighted by Crippen LogP contribution is 2.34. The van der Waals surface area contributed by atoms with Crippen LogP contribution in [0.2, 0.25) is 0 Å². The molecule has 0 bridgehead atoms. The Morgan fingerprint density at radius 1 is 1.41 bits per heavy atom. The zero-order chi connectivity index (χ0) is 24.4. The fourth-order valence-corrected chi connectivity index (χ4v) is 6.18. The summed E-state index contributed by atoms with van der Waals surface area (Å²) in [4.78, 5) is 35.5. The van der Waals surface area contributed by atoms with Crippen LogP contribution in [0.1, 0.15) is 24.3 Å². The maximum Gasteiger partial charge on any atom is 0.267 e. The van der Waals surface area contributed by atoms with Gasteiger partial charge in [0.15, 0.2) is 10.9 Å². The van der Waals surface area contributed by atoms with Gasteiger partial charge in [0, 0.05) is 29.7 Å². The number of hydrogen-bond donors (Lipinski definition) is 1. The number of rotatable bonds is 7. The smallest absolute Gasteiger partial charge is 0.267 e. The topological polar surface area (TPSA) is 114 Å². The van der Waals surface area contributed by atoms with E-state index >= 15 is 0 Å². The molecule has 0 saturated heterocycles. The van der Waals surface area contributed by atoms with Gasteiger partial charge in [-0.05, 0) is 37.6 Å². The molecule has 0 radical (unpaired) electrons. The number of likely N-dealkylation sites (N-methyl/N-ethyl adjacent to an activating group) is 1. The number of benzene rings is 1. The van der Waals surface area contributed by atoms with E-state index < -0.39 is 5.78 Å². The zero-order valence-corrected chi connectivity index (χ0v) is 20.9. The van der Waals surface area contributed by atoms with Gasteiger partial charge in [0.1, 0.15) is 22.2 Å². The van der Waals surface area contributed by atoms with Crippen molar-refractivity contribution in [2.24, 2.45) is 5.73 Å². The van der Waals surface area contributed by atoms with E-state index in [1.54, 1.807) is 25.3 Å². The molecule has 10 heteroatoms. The van der Waals surface area contributed by atoms with Gasteiger partial charge in [-0.2, -0.15) is 5.26 Å². The Morgan fingerprint density at radius 3 is 2.88 bits per heavy atom. The standard InChI is InChI=1S/C24H25N5O3S2/c1-4-28-9-8-17-20(12-28)34-22-21(17)23(31)29(15-6-5-7-16(10-15)32-3)24(27-22)33-13-19(30)18(11-25)14(2)26/h5-7,10H,4,8-9,12-13,26H2,1-3H3/b18-14+. The number of nitriles is 1. The number of carbonyl (C=O) groups excluding carboxylic acids is 1. The summed E-state index contributed by atoms with van der Waals surface area (Å²) in [6, 6.07) is 9.05. The third-order valence-electron chi connectivity index (χ3n) is 5.80. The second-order valence-electron chi connectivity index (χ2n) is 7.92. The molecule has 0 atom stereocenters. The maximum atomic E-state index is 13.9. The molecule has 176 valence electrons. The van der Waals surface area contributed by atoms with Gasteiger partial charge in [-0.25, -0.2) is 4.98 Å². The van der Waals surface area contributed by atoms with Crippen molar-refractivity contribution in [3.63, 3.8) is 0 Å². The Morgan fingerprint density at radius 2 is 2.21 bits per heavy atom. The Balaban J connectivity index is 1.86. The van der Waals surface area contributed by atoms with E-state index in [1.165, 1.54) is 22.8 Å². The summed E-state index contributed by atoms with van der Waals surface area (Å²) < 4.78 is 6.89. The molecule has 0 spiro atoms. The molecule has 1 aliphatic heterocycles. The van der Waals surface area contributed by atoms with Crippen molar-refractivity contribution in [2.75, 3.05) is 26.0 Å². The van der Waals surface area contributed by atoms with Gasteiger partial charge in [0.05, 0.1) is 23.9 Å². The number of ketones is 1. The molecular formula is C24H25N5O3S2. The first kappa shape index (κ1) is 24.0. The van der Waals surface area contributed by atoms with Crippen molar-refractivity contribution < 1.29 is 9.53 Å². The van der Waals surface area contributed by atoms with Crippen molar-refractivity contribution >= 4 is 39.1 Å². The Kier molecular flexibility index (Phi) is 7.07. The molecule has 0 fully saturated rings. The number of nitrogens with two attached hydrogens (primary N) is 1. The molecular weight excluding hydrogens is 470 g/mol. The van der Waals surface area contributed by atoms with Crippen LogP contribution in [0.4, 0.5) is 0 Å². The molecule has 34 heavy (non-hydrogen) atoms. The van der Waals surface area contributed by atoms with E-state index in [1.807, 2.05) is 12.1 Å². The minimum absolute atomic E-state index is 0.0615. The molecule has 0 saturated carbocycles. The predicted octanol–water partition coefficient (Wildman–Crippen LogP) is 3.25. The average molecular weight is 496 g/mol. The highest BCUT2D eigenvalue weighted by atomic mass is 32.2. The van der Waals surface area contributed by atoms with Crippen LogP contribution in [-0.2, 0) is 17.8 Å². The largest absolute Gasteiger partial charge is 0.497 e. The Bertz CT molecular complexity index is 1400. The highest BCUT2D eigenvalue weighted by Gasteiger charge is 2.26. The van der Waals surface area contributed by atoms with Crippen molar-refractivity contribution in [3.8, 4) is 17.5 Å². The fourth-order valence-electron chi connectivity index (χ4n) is 3.99. The molecule has 0 aliphatic carbocycles. The van der Waals surface area contributed by atoms with Crippen LogP contribution < -0.4 is 16.0 Å². The number of aromatic nitrogens is 2. The summed E-state index contributed by atoms with van der Waals surface area (Å²) in [7, 11) is 1.57. The monoisotopic (exact) mass is 495 g/mol. The van der Waals surface area contributed by atoms with Crippen molar-refractivity contribution in [2.45, 2.75) is 32.0 Å². The number of carbonyl (C=O) groups is 1. The van der Waals surface area contributed by atoms with Gasteiger partial charge in [-0.15, -0.1) is 11.3 Å². The van der Waals surface area contributed by atoms with E-state index in [2.05, 4.69) is 11.8 Å². The van der Waals surface area contributed by atoms with Crippen LogP contribution in [0.25, 0.3) is 15.9 Å². The maximum absolute atomic E-state index is 13.9. The molecule has 1 aliphatic rings. The lowest BCUT2D eigenvalue weighted by Crippen LogP contribution is -2.30. The van der Waals surface area contributed by atoms with Gasteiger partial charge in [0.25, 0.3) is 5.56 Å². The number of fused-ring (bicyclic) bond motifs is 3. The first-order valence-electron chi connectivity index (χ1n) is 10.8. The van der Waals surface area contributed by atoms with Crippen LogP contribution >= 0.6 is 23.1 Å². The fraction of sp³-hybridized carbons (Fsp3) is 0.333. The van der Waals surface area contributed by atoms with Gasteiger partial charge >= 0.3 is 0 Å².